The van der Waals surface area contributed by atoms with Crippen molar-refractivity contribution in [3.8, 4) is 0 Å². The maximum Gasteiger partial charge on any atom is 0.144 e. The van der Waals surface area contributed by atoms with Crippen molar-refractivity contribution in [1.29, 1.82) is 0 Å². The van der Waals surface area contributed by atoms with Gasteiger partial charge in [0.1, 0.15) is 11.0 Å². The summed E-state index contributed by atoms with van der Waals surface area (Å²) in [6, 6.07) is 0. The summed E-state index contributed by atoms with van der Waals surface area (Å²) in [6.07, 6.45) is 4.67. The van der Waals surface area contributed by atoms with Crippen molar-refractivity contribution in [1.82, 2.24) is 0 Å². The molecule has 0 N–H and O–H groups in total. The van der Waals surface area contributed by atoms with Crippen LogP contribution >= 0.6 is 0 Å². The first-order valence-corrected chi connectivity index (χ1v) is 5.28. The summed E-state index contributed by atoms with van der Waals surface area (Å²) < 4.78 is 15.0. The lowest BCUT2D eigenvalue weighted by Gasteiger charge is -2.12. The Morgan fingerprint density at radius 1 is 1.43 bits per heavy atom. The summed E-state index contributed by atoms with van der Waals surface area (Å²) in [5, 5.41) is 0. The molecule has 0 fully saturated rings. The molecule has 0 heterocycles. The molecule has 0 saturated carbocycles. The minimum absolute atomic E-state index is 0.350. The molecule has 0 saturated heterocycles. The molecule has 3 nitrogen and oxygen atoms in total. The second-order valence-electron chi connectivity index (χ2n) is 3.58. The topological polar surface area (TPSA) is 41.8 Å². The summed E-state index contributed by atoms with van der Waals surface area (Å²) in [7, 11) is -1.26. The normalized spacial score (nSPS) is 15.5. The van der Waals surface area contributed by atoms with Gasteiger partial charge in [0.15, 0.2) is 0 Å². The Kier molecular flexibility index (Phi) is 5.23. The zero-order valence-electron chi connectivity index (χ0n) is 8.86. The van der Waals surface area contributed by atoms with Gasteiger partial charge in [-0.15, -0.1) is 0 Å². The van der Waals surface area contributed by atoms with Gasteiger partial charge in [0.2, 0.25) is 0 Å². The van der Waals surface area contributed by atoms with Crippen LogP contribution in [0.5, 0.6) is 0 Å². The fraction of sp³-hybridized carbons (Fsp3) is 0.400. The van der Waals surface area contributed by atoms with Gasteiger partial charge in [-0.3, -0.25) is 4.99 Å². The van der Waals surface area contributed by atoms with Gasteiger partial charge in [0.05, 0.1) is 16.7 Å². The van der Waals surface area contributed by atoms with Crippen molar-refractivity contribution < 1.29 is 4.21 Å². The Morgan fingerprint density at radius 2 is 2.00 bits per heavy atom. The van der Waals surface area contributed by atoms with Crippen molar-refractivity contribution in [3.05, 3.63) is 24.4 Å². The van der Waals surface area contributed by atoms with Crippen LogP contribution in [0.15, 0.2) is 33.8 Å². The molecule has 0 aromatic carbocycles. The summed E-state index contributed by atoms with van der Waals surface area (Å²) >= 11 is 0. The van der Waals surface area contributed by atoms with Crippen molar-refractivity contribution in [2.45, 2.75) is 25.5 Å². The first-order chi connectivity index (χ1) is 6.41. The summed E-state index contributed by atoms with van der Waals surface area (Å²) in [4.78, 5) is 3.69. The third-order valence-electron chi connectivity index (χ3n) is 1.28. The summed E-state index contributed by atoms with van der Waals surface area (Å²) in [6.45, 7) is 12.5. The predicted molar refractivity (Wildman–Crippen MR) is 64.2 cm³/mol. The minimum atomic E-state index is -1.26. The molecule has 0 aliphatic carbocycles. The number of hydrogen-bond acceptors (Lipinski definition) is 2. The Labute approximate surface area is 87.9 Å². The molecular formula is C10H16N2OS. The van der Waals surface area contributed by atoms with E-state index < -0.39 is 11.0 Å². The lowest BCUT2D eigenvalue weighted by atomic mass is 10.3. The van der Waals surface area contributed by atoms with E-state index in [2.05, 4.69) is 22.7 Å². The molecule has 4 heteroatoms. The van der Waals surface area contributed by atoms with Gasteiger partial charge in [0, 0.05) is 0 Å². The molecule has 0 aliphatic rings. The van der Waals surface area contributed by atoms with Crippen molar-refractivity contribution in [2.24, 2.45) is 9.39 Å². The summed E-state index contributed by atoms with van der Waals surface area (Å²) in [5.41, 5.74) is 0.553. The molecule has 0 bridgehead atoms. The highest BCUT2D eigenvalue weighted by Gasteiger charge is 2.17. The second kappa shape index (κ2) is 5.65. The van der Waals surface area contributed by atoms with E-state index in [-0.39, 0.29) is 4.75 Å². The lowest BCUT2D eigenvalue weighted by Crippen LogP contribution is -2.19. The molecule has 0 rings (SSSR count). The molecule has 1 unspecified atom stereocenters. The highest BCUT2D eigenvalue weighted by atomic mass is 32.2. The molecule has 0 aromatic rings. The molecule has 0 aromatic heterocycles. The standard InChI is InChI=1S/C10H16N2OS/c1-6-7-9(11-5)8-12-14(13)10(2,3)4/h6-8H,1,5H2,2-4H3. The fourth-order valence-corrected chi connectivity index (χ4v) is 1.04. The number of nitrogens with zero attached hydrogens (tertiary/aromatic N) is 2. The highest BCUT2D eigenvalue weighted by Crippen LogP contribution is 2.11. The maximum absolute atomic E-state index is 11.5. The molecule has 0 spiro atoms. The van der Waals surface area contributed by atoms with E-state index in [1.165, 1.54) is 6.21 Å². The van der Waals surface area contributed by atoms with Crippen molar-refractivity contribution in [2.75, 3.05) is 0 Å². The van der Waals surface area contributed by atoms with Crippen LogP contribution in [0.1, 0.15) is 20.8 Å². The predicted octanol–water partition coefficient (Wildman–Crippen LogP) is 2.29. The largest absolute Gasteiger partial charge is 0.263 e. The van der Waals surface area contributed by atoms with Gasteiger partial charge >= 0.3 is 0 Å². The van der Waals surface area contributed by atoms with Gasteiger partial charge in [-0.05, 0) is 33.6 Å². The fourth-order valence-electron chi connectivity index (χ4n) is 0.517. The highest BCUT2D eigenvalue weighted by molar-refractivity contribution is 7.85. The molecule has 0 amide bonds. The van der Waals surface area contributed by atoms with Crippen LogP contribution in [0.25, 0.3) is 0 Å². The van der Waals surface area contributed by atoms with Crippen LogP contribution in [0.3, 0.4) is 0 Å². The van der Waals surface area contributed by atoms with Crippen molar-refractivity contribution in [3.63, 3.8) is 0 Å². The third-order valence-corrected chi connectivity index (χ3v) is 2.62. The van der Waals surface area contributed by atoms with Crippen LogP contribution in [-0.4, -0.2) is 21.9 Å². The SMILES string of the molecule is C=CC=C(C=NS(=O)C(C)(C)C)N=C. The number of rotatable bonds is 4. The average Bonchev–Trinajstić information content (AvgIpc) is 2.10. The average molecular weight is 212 g/mol. The van der Waals surface area contributed by atoms with Crippen LogP contribution in [-0.2, 0) is 11.0 Å². The number of aliphatic imine (C=N–C) groups is 1. The Balaban J connectivity index is 4.59. The first-order valence-electron chi connectivity index (χ1n) is 4.17. The van der Waals surface area contributed by atoms with Crippen LogP contribution < -0.4 is 0 Å². The molecular weight excluding hydrogens is 196 g/mol. The third kappa shape index (κ3) is 4.87. The lowest BCUT2D eigenvalue weighted by molar-refractivity contribution is 0.651. The van der Waals surface area contributed by atoms with Crippen LogP contribution in [0, 0.1) is 0 Å². The van der Waals surface area contributed by atoms with E-state index in [4.69, 9.17) is 0 Å². The van der Waals surface area contributed by atoms with Gasteiger partial charge in [0.25, 0.3) is 0 Å². The quantitative estimate of drug-likeness (QED) is 0.520. The van der Waals surface area contributed by atoms with E-state index >= 15 is 0 Å². The smallest absolute Gasteiger partial charge is 0.144 e. The van der Waals surface area contributed by atoms with E-state index in [9.17, 15) is 4.21 Å². The zero-order chi connectivity index (χ0) is 11.2. The van der Waals surface area contributed by atoms with E-state index in [1.54, 1.807) is 12.2 Å². The van der Waals surface area contributed by atoms with E-state index in [1.807, 2.05) is 20.8 Å². The number of allylic oxidation sites excluding steroid dienone is 3. The first kappa shape index (κ1) is 13.0. The van der Waals surface area contributed by atoms with Gasteiger partial charge in [-0.2, -0.15) is 4.40 Å². The van der Waals surface area contributed by atoms with Crippen LogP contribution in [0.2, 0.25) is 0 Å². The molecule has 78 valence electrons. The molecule has 0 aliphatic heterocycles. The van der Waals surface area contributed by atoms with E-state index in [0.29, 0.717) is 5.70 Å². The van der Waals surface area contributed by atoms with Gasteiger partial charge in [-0.1, -0.05) is 12.7 Å². The molecule has 0 radical (unpaired) electrons. The summed E-state index contributed by atoms with van der Waals surface area (Å²) in [5.74, 6) is 0. The monoisotopic (exact) mass is 212 g/mol. The number of hydrogen-bond donors (Lipinski definition) is 0. The zero-order valence-corrected chi connectivity index (χ0v) is 9.67. The van der Waals surface area contributed by atoms with Gasteiger partial charge in [-0.25, -0.2) is 4.21 Å². The minimum Gasteiger partial charge on any atom is -0.263 e. The van der Waals surface area contributed by atoms with Crippen LogP contribution in [0.4, 0.5) is 0 Å². The maximum atomic E-state index is 11.5. The molecule has 1 atom stereocenters. The second-order valence-corrected chi connectivity index (χ2v) is 5.52. The Hall–Kier alpha value is -1.03. The Bertz CT molecular complexity index is 298. The van der Waals surface area contributed by atoms with Gasteiger partial charge < -0.3 is 0 Å². The molecule has 14 heavy (non-hydrogen) atoms. The van der Waals surface area contributed by atoms with E-state index in [0.717, 1.165) is 0 Å². The van der Waals surface area contributed by atoms with Crippen molar-refractivity contribution >= 4 is 23.9 Å². The Morgan fingerprint density at radius 3 is 2.36 bits per heavy atom.